The minimum Gasteiger partial charge on any atom is -0.338 e. The van der Waals surface area contributed by atoms with Gasteiger partial charge in [-0.2, -0.15) is 0 Å². The molecule has 1 aliphatic heterocycles. The molecule has 1 aromatic rings. The van der Waals surface area contributed by atoms with E-state index in [2.05, 4.69) is 4.72 Å². The Morgan fingerprint density at radius 3 is 2.68 bits per heavy atom. The monoisotopic (exact) mass is 320 g/mol. The van der Waals surface area contributed by atoms with E-state index in [0.717, 1.165) is 37.7 Å². The van der Waals surface area contributed by atoms with Crippen molar-refractivity contribution in [1.82, 2.24) is 9.62 Å². The Morgan fingerprint density at radius 2 is 1.91 bits per heavy atom. The first-order valence-electron chi connectivity index (χ1n) is 7.96. The molecule has 1 saturated heterocycles. The van der Waals surface area contributed by atoms with Crippen LogP contribution in [0.25, 0.3) is 0 Å². The minimum atomic E-state index is -3.55. The Hall–Kier alpha value is -1.40. The van der Waals surface area contributed by atoms with Crippen LogP contribution in [0.2, 0.25) is 0 Å². The molecule has 0 aromatic heterocycles. The quantitative estimate of drug-likeness (QED) is 0.907. The number of hydrogen-bond acceptors (Lipinski definition) is 3. The number of sulfonamides is 1. The number of rotatable bonds is 4. The van der Waals surface area contributed by atoms with Crippen molar-refractivity contribution in [3.63, 3.8) is 0 Å². The fourth-order valence-corrected chi connectivity index (χ4v) is 4.83. The lowest BCUT2D eigenvalue weighted by Crippen LogP contribution is -2.37. The summed E-state index contributed by atoms with van der Waals surface area (Å²) < 4.78 is 27.8. The molecule has 118 valence electrons. The molecule has 22 heavy (non-hydrogen) atoms. The van der Waals surface area contributed by atoms with Crippen molar-refractivity contribution < 1.29 is 13.2 Å². The van der Waals surface area contributed by atoms with Gasteiger partial charge in [-0.05, 0) is 55.4 Å². The van der Waals surface area contributed by atoms with Crippen LogP contribution < -0.4 is 4.72 Å². The van der Waals surface area contributed by atoms with Crippen molar-refractivity contribution in [2.75, 3.05) is 6.54 Å². The third-order valence-corrected chi connectivity index (χ3v) is 6.37. The number of aryl methyl sites for hydroxylation is 2. The molecular weight excluding hydrogens is 300 g/mol. The number of likely N-dealkylation sites (tertiary alicyclic amines) is 1. The van der Waals surface area contributed by atoms with Crippen LogP contribution in [-0.2, 0) is 27.7 Å². The summed E-state index contributed by atoms with van der Waals surface area (Å²) in [5.41, 5.74) is 2.40. The lowest BCUT2D eigenvalue weighted by molar-refractivity contribution is -0.128. The predicted octanol–water partition coefficient (Wildman–Crippen LogP) is 1.22. The molecular formula is C16H20N2O3S. The van der Waals surface area contributed by atoms with Gasteiger partial charge in [-0.25, -0.2) is 13.1 Å². The van der Waals surface area contributed by atoms with E-state index in [4.69, 9.17) is 0 Å². The number of benzene rings is 1. The van der Waals surface area contributed by atoms with Crippen molar-refractivity contribution in [3.05, 3.63) is 29.3 Å². The molecule has 1 N–H and O–H groups in total. The summed E-state index contributed by atoms with van der Waals surface area (Å²) >= 11 is 0. The molecule has 4 rings (SSSR count). The van der Waals surface area contributed by atoms with Crippen molar-refractivity contribution in [2.45, 2.75) is 55.5 Å². The van der Waals surface area contributed by atoms with Crippen LogP contribution in [0.15, 0.2) is 23.1 Å². The van der Waals surface area contributed by atoms with Gasteiger partial charge < -0.3 is 4.90 Å². The van der Waals surface area contributed by atoms with E-state index in [1.165, 1.54) is 5.56 Å². The first-order valence-corrected chi connectivity index (χ1v) is 9.45. The summed E-state index contributed by atoms with van der Waals surface area (Å²) in [6, 6.07) is 5.45. The van der Waals surface area contributed by atoms with Gasteiger partial charge in [0.1, 0.15) is 0 Å². The molecule has 1 heterocycles. The van der Waals surface area contributed by atoms with Gasteiger partial charge in [0.15, 0.2) is 0 Å². The summed E-state index contributed by atoms with van der Waals surface area (Å²) in [5.74, 6) is 0.0733. The Labute approximate surface area is 130 Å². The van der Waals surface area contributed by atoms with E-state index >= 15 is 0 Å². The minimum absolute atomic E-state index is 0.0733. The molecule has 2 aliphatic carbocycles. The third kappa shape index (κ3) is 2.54. The molecule has 1 saturated carbocycles. The second kappa shape index (κ2) is 5.06. The molecule has 2 fully saturated rings. The molecule has 6 heteroatoms. The largest absolute Gasteiger partial charge is 0.338 e. The summed E-state index contributed by atoms with van der Waals surface area (Å²) in [5, 5.41) is 0. The van der Waals surface area contributed by atoms with Gasteiger partial charge >= 0.3 is 0 Å². The Bertz CT molecular complexity index is 725. The molecule has 1 aromatic carbocycles. The molecule has 1 amide bonds. The number of hydrogen-bond donors (Lipinski definition) is 1. The Morgan fingerprint density at radius 1 is 1.14 bits per heavy atom. The van der Waals surface area contributed by atoms with E-state index in [1.807, 2.05) is 11.0 Å². The zero-order valence-corrected chi connectivity index (χ0v) is 13.2. The first-order chi connectivity index (χ1) is 10.5. The molecule has 1 atom stereocenters. The Kier molecular flexibility index (Phi) is 3.27. The first kappa shape index (κ1) is 14.2. The number of nitrogens with one attached hydrogen (secondary N) is 1. The highest BCUT2D eigenvalue weighted by molar-refractivity contribution is 7.89. The average molecular weight is 320 g/mol. The van der Waals surface area contributed by atoms with Gasteiger partial charge in [0.25, 0.3) is 0 Å². The maximum atomic E-state index is 12.5. The molecule has 1 unspecified atom stereocenters. The number of fused-ring (bicyclic) bond motifs is 1. The van der Waals surface area contributed by atoms with E-state index in [0.29, 0.717) is 17.5 Å². The average Bonchev–Trinajstić information content (AvgIpc) is 3.09. The molecule has 0 bridgehead atoms. The van der Waals surface area contributed by atoms with Crippen molar-refractivity contribution in [1.29, 1.82) is 0 Å². The molecule has 0 spiro atoms. The second-order valence-electron chi connectivity index (χ2n) is 6.58. The van der Waals surface area contributed by atoms with Gasteiger partial charge in [-0.1, -0.05) is 6.07 Å². The van der Waals surface area contributed by atoms with Gasteiger partial charge in [0, 0.05) is 25.0 Å². The normalized spacial score (nSPS) is 24.8. The maximum Gasteiger partial charge on any atom is 0.240 e. The van der Waals surface area contributed by atoms with Crippen molar-refractivity contribution in [2.24, 2.45) is 0 Å². The van der Waals surface area contributed by atoms with Crippen molar-refractivity contribution >= 4 is 15.9 Å². The van der Waals surface area contributed by atoms with Crippen LogP contribution in [0.3, 0.4) is 0 Å². The highest BCUT2D eigenvalue weighted by Crippen LogP contribution is 2.31. The van der Waals surface area contributed by atoms with E-state index in [-0.39, 0.29) is 18.4 Å². The number of carbonyl (C=O) groups is 1. The summed E-state index contributed by atoms with van der Waals surface area (Å²) in [6.45, 7) is 0.508. The standard InChI is InChI=1S/C16H20N2O3S/c19-16-9-13(10-18(16)14-5-6-14)17-22(20,21)15-7-4-11-2-1-3-12(11)8-15/h4,7-8,13-14,17H,1-3,5-6,9-10H2. The number of amides is 1. The lowest BCUT2D eigenvalue weighted by atomic mass is 10.1. The second-order valence-corrected chi connectivity index (χ2v) is 8.30. The van der Waals surface area contributed by atoms with E-state index in [9.17, 15) is 13.2 Å². The highest BCUT2D eigenvalue weighted by atomic mass is 32.2. The summed E-state index contributed by atoms with van der Waals surface area (Å²) in [4.78, 5) is 14.1. The fraction of sp³-hybridized carbons (Fsp3) is 0.562. The lowest BCUT2D eigenvalue weighted by Gasteiger charge is -2.16. The molecule has 0 radical (unpaired) electrons. The predicted molar refractivity (Wildman–Crippen MR) is 81.9 cm³/mol. The SMILES string of the molecule is O=C1CC(NS(=O)(=O)c2ccc3c(c2)CCC3)CN1C1CC1. The highest BCUT2D eigenvalue weighted by Gasteiger charge is 2.40. The smallest absolute Gasteiger partial charge is 0.240 e. The third-order valence-electron chi connectivity index (χ3n) is 4.85. The zero-order chi connectivity index (χ0) is 15.3. The zero-order valence-electron chi connectivity index (χ0n) is 12.4. The maximum absolute atomic E-state index is 12.5. The van der Waals surface area contributed by atoms with Gasteiger partial charge in [0.2, 0.25) is 15.9 Å². The van der Waals surface area contributed by atoms with Gasteiger partial charge in [-0.15, -0.1) is 0 Å². The van der Waals surface area contributed by atoms with Crippen LogP contribution in [0.4, 0.5) is 0 Å². The van der Waals surface area contributed by atoms with Crippen LogP contribution in [0.1, 0.15) is 36.8 Å². The van der Waals surface area contributed by atoms with E-state index < -0.39 is 10.0 Å². The van der Waals surface area contributed by atoms with Crippen LogP contribution in [0.5, 0.6) is 0 Å². The van der Waals surface area contributed by atoms with Crippen LogP contribution in [-0.4, -0.2) is 37.9 Å². The van der Waals surface area contributed by atoms with E-state index in [1.54, 1.807) is 12.1 Å². The van der Waals surface area contributed by atoms with Gasteiger partial charge in [0.05, 0.1) is 4.90 Å². The van der Waals surface area contributed by atoms with Crippen molar-refractivity contribution in [3.8, 4) is 0 Å². The topological polar surface area (TPSA) is 66.5 Å². The molecule has 5 nitrogen and oxygen atoms in total. The van der Waals surface area contributed by atoms with Crippen LogP contribution >= 0.6 is 0 Å². The number of nitrogens with zero attached hydrogens (tertiary/aromatic N) is 1. The van der Waals surface area contributed by atoms with Gasteiger partial charge in [-0.3, -0.25) is 4.79 Å². The number of carbonyl (C=O) groups excluding carboxylic acids is 1. The summed E-state index contributed by atoms with van der Waals surface area (Å²) in [7, 11) is -3.55. The fourth-order valence-electron chi connectivity index (χ4n) is 3.55. The Balaban J connectivity index is 1.51. The summed E-state index contributed by atoms with van der Waals surface area (Å²) in [6.07, 6.45) is 5.47. The molecule has 3 aliphatic rings. The van der Waals surface area contributed by atoms with Crippen LogP contribution in [0, 0.1) is 0 Å².